The van der Waals surface area contributed by atoms with Crippen molar-refractivity contribution in [1.82, 2.24) is 19.4 Å². The molecule has 10 nitrogen and oxygen atoms in total. The Kier molecular flexibility index (Phi) is 8.36. The zero-order valence-electron chi connectivity index (χ0n) is 25.6. The molecule has 0 saturated carbocycles. The van der Waals surface area contributed by atoms with Crippen molar-refractivity contribution in [3.05, 3.63) is 108 Å². The summed E-state index contributed by atoms with van der Waals surface area (Å²) in [5, 5.41) is 3.42. The number of alkyl halides is 3. The second-order valence-electron chi connectivity index (χ2n) is 11.5. The number of rotatable bonds is 8. The van der Waals surface area contributed by atoms with Gasteiger partial charge >= 0.3 is 6.18 Å². The van der Waals surface area contributed by atoms with Crippen LogP contribution in [-0.4, -0.2) is 64.1 Å². The smallest absolute Gasteiger partial charge is 0.416 e. The molecule has 2 amide bonds. The van der Waals surface area contributed by atoms with Gasteiger partial charge < -0.3 is 29.0 Å². The van der Waals surface area contributed by atoms with Crippen molar-refractivity contribution in [2.24, 2.45) is 0 Å². The van der Waals surface area contributed by atoms with Gasteiger partial charge in [-0.2, -0.15) is 13.2 Å². The molecule has 246 valence electrons. The predicted molar refractivity (Wildman–Crippen MR) is 170 cm³/mol. The molecule has 0 atom stereocenters. The number of benzene rings is 3. The summed E-state index contributed by atoms with van der Waals surface area (Å²) in [6.07, 6.45) is -1.22. The van der Waals surface area contributed by atoms with Gasteiger partial charge in [0.15, 0.2) is 11.5 Å². The first-order valence-electron chi connectivity index (χ1n) is 15.3. The van der Waals surface area contributed by atoms with E-state index >= 15 is 0 Å². The molecule has 0 spiro atoms. The minimum absolute atomic E-state index is 0.0390. The third-order valence-corrected chi connectivity index (χ3v) is 8.33. The second kappa shape index (κ2) is 12.9. The number of nitrogens with one attached hydrogen (secondary N) is 1. The topological polar surface area (TPSA) is 98.2 Å². The first kappa shape index (κ1) is 31.1. The highest BCUT2D eigenvalue weighted by Crippen LogP contribution is 2.34. The van der Waals surface area contributed by atoms with Crippen LogP contribution in [0.3, 0.4) is 0 Å². The molecular weight excluding hydrogens is 627 g/mol. The van der Waals surface area contributed by atoms with E-state index in [2.05, 4.69) is 15.2 Å². The van der Waals surface area contributed by atoms with Gasteiger partial charge in [0.25, 0.3) is 5.91 Å². The summed E-state index contributed by atoms with van der Waals surface area (Å²) < 4.78 is 57.3. The van der Waals surface area contributed by atoms with E-state index in [1.165, 1.54) is 6.20 Å². The van der Waals surface area contributed by atoms with Gasteiger partial charge in [-0.1, -0.05) is 12.1 Å². The summed E-state index contributed by atoms with van der Waals surface area (Å²) in [6, 6.07) is 20.6. The standard InChI is InChI=1S/C35H30F3N5O5/c36-35(37,38)25-7-5-24(6-8-25)34(45)40-26-9-11-32(39-19-26)48-29-3-1-2-28-27(29)12-13-43(28)21-33(44)42-16-14-41(15-17-42)20-23-4-10-30-31(18-23)47-22-46-30/h1-13,18-19H,14-17,20-22H2,(H,40,45). The van der Waals surface area contributed by atoms with Crippen LogP contribution in [0.4, 0.5) is 18.9 Å². The molecule has 0 aliphatic carbocycles. The zero-order valence-corrected chi connectivity index (χ0v) is 25.6. The van der Waals surface area contributed by atoms with Gasteiger partial charge in [0.2, 0.25) is 18.6 Å². The molecule has 13 heteroatoms. The summed E-state index contributed by atoms with van der Waals surface area (Å²) in [5.74, 6) is 1.83. The Balaban J connectivity index is 0.934. The fourth-order valence-corrected chi connectivity index (χ4v) is 5.76. The van der Waals surface area contributed by atoms with Crippen LogP contribution >= 0.6 is 0 Å². The molecule has 5 aromatic rings. The van der Waals surface area contributed by atoms with E-state index in [0.717, 1.165) is 71.9 Å². The number of pyridine rings is 1. The number of hydrogen-bond acceptors (Lipinski definition) is 7. The summed E-state index contributed by atoms with van der Waals surface area (Å²) in [4.78, 5) is 34.3. The molecule has 0 unspecified atom stereocenters. The highest BCUT2D eigenvalue weighted by atomic mass is 19.4. The lowest BCUT2D eigenvalue weighted by atomic mass is 10.1. The third kappa shape index (κ3) is 6.76. The van der Waals surface area contributed by atoms with E-state index < -0.39 is 17.6 Å². The first-order valence-corrected chi connectivity index (χ1v) is 15.3. The highest BCUT2D eigenvalue weighted by Gasteiger charge is 2.30. The van der Waals surface area contributed by atoms with Gasteiger partial charge in [0, 0.05) is 55.9 Å². The van der Waals surface area contributed by atoms with Gasteiger partial charge in [-0.05, 0) is 66.2 Å². The van der Waals surface area contributed by atoms with Crippen LogP contribution in [0, 0.1) is 0 Å². The molecular formula is C35H30F3N5O5. The maximum absolute atomic E-state index is 13.3. The maximum Gasteiger partial charge on any atom is 0.416 e. The van der Waals surface area contributed by atoms with Crippen LogP contribution in [0.1, 0.15) is 21.5 Å². The number of hydrogen-bond donors (Lipinski definition) is 1. The van der Waals surface area contributed by atoms with Crippen molar-refractivity contribution in [3.8, 4) is 23.1 Å². The lowest BCUT2D eigenvalue weighted by Crippen LogP contribution is -2.49. The van der Waals surface area contributed by atoms with E-state index in [0.29, 0.717) is 24.5 Å². The van der Waals surface area contributed by atoms with Crippen molar-refractivity contribution in [2.45, 2.75) is 19.3 Å². The fourth-order valence-electron chi connectivity index (χ4n) is 5.76. The molecule has 0 bridgehead atoms. The number of carbonyl (C=O) groups is 2. The van der Waals surface area contributed by atoms with Crippen LogP contribution in [0.15, 0.2) is 91.3 Å². The summed E-state index contributed by atoms with van der Waals surface area (Å²) in [6.45, 7) is 4.05. The van der Waals surface area contributed by atoms with E-state index in [1.807, 2.05) is 52.1 Å². The Morgan fingerprint density at radius 3 is 2.44 bits per heavy atom. The SMILES string of the molecule is O=C(Nc1ccc(Oc2cccc3c2ccn3CC(=O)N2CCN(Cc3ccc4c(c3)OCO4)CC2)nc1)c1ccc(C(F)(F)F)cc1. The Morgan fingerprint density at radius 1 is 0.896 bits per heavy atom. The molecule has 1 N–H and O–H groups in total. The van der Waals surface area contributed by atoms with Crippen LogP contribution < -0.4 is 19.5 Å². The maximum atomic E-state index is 13.3. The molecule has 4 heterocycles. The molecule has 7 rings (SSSR count). The van der Waals surface area contributed by atoms with Gasteiger partial charge in [-0.25, -0.2) is 4.98 Å². The van der Waals surface area contributed by atoms with E-state index in [4.69, 9.17) is 14.2 Å². The van der Waals surface area contributed by atoms with Crippen molar-refractivity contribution >= 4 is 28.4 Å². The quantitative estimate of drug-likeness (QED) is 0.213. The predicted octanol–water partition coefficient (Wildman–Crippen LogP) is 6.17. The number of ether oxygens (including phenoxy) is 3. The summed E-state index contributed by atoms with van der Waals surface area (Å²) >= 11 is 0. The molecule has 48 heavy (non-hydrogen) atoms. The average Bonchev–Trinajstić information content (AvgIpc) is 3.73. The number of nitrogens with zero attached hydrogens (tertiary/aromatic N) is 4. The number of carbonyl (C=O) groups excluding carboxylic acids is 2. The van der Waals surface area contributed by atoms with Gasteiger partial charge in [-0.15, -0.1) is 0 Å². The molecule has 2 aromatic heterocycles. The molecule has 2 aliphatic heterocycles. The summed E-state index contributed by atoms with van der Waals surface area (Å²) in [7, 11) is 0. The van der Waals surface area contributed by atoms with Gasteiger partial charge in [-0.3, -0.25) is 14.5 Å². The zero-order chi connectivity index (χ0) is 33.3. The number of amides is 2. The normalized spacial score (nSPS) is 14.7. The van der Waals surface area contributed by atoms with Crippen LogP contribution in [0.25, 0.3) is 10.9 Å². The Morgan fingerprint density at radius 2 is 1.69 bits per heavy atom. The van der Waals surface area contributed by atoms with Crippen LogP contribution in [0.2, 0.25) is 0 Å². The Labute approximate surface area is 273 Å². The fraction of sp³-hybridized carbons (Fsp3) is 0.229. The van der Waals surface area contributed by atoms with Crippen molar-refractivity contribution in [1.29, 1.82) is 0 Å². The van der Waals surface area contributed by atoms with Crippen molar-refractivity contribution in [2.75, 3.05) is 38.3 Å². The van der Waals surface area contributed by atoms with Crippen LogP contribution in [-0.2, 0) is 24.1 Å². The number of anilines is 1. The van der Waals surface area contributed by atoms with E-state index in [1.54, 1.807) is 18.2 Å². The van der Waals surface area contributed by atoms with Crippen molar-refractivity contribution < 1.29 is 37.0 Å². The highest BCUT2D eigenvalue weighted by molar-refractivity contribution is 6.04. The number of halogens is 3. The van der Waals surface area contributed by atoms with E-state index in [-0.39, 0.29) is 30.7 Å². The monoisotopic (exact) mass is 657 g/mol. The number of aromatic nitrogens is 2. The third-order valence-electron chi connectivity index (χ3n) is 8.33. The molecule has 0 radical (unpaired) electrons. The Bertz CT molecular complexity index is 1950. The first-order chi connectivity index (χ1) is 23.2. The average molecular weight is 658 g/mol. The van der Waals surface area contributed by atoms with Crippen LogP contribution in [0.5, 0.6) is 23.1 Å². The molecule has 2 aliphatic rings. The molecule has 1 fully saturated rings. The lowest BCUT2D eigenvalue weighted by Gasteiger charge is -2.35. The molecule has 3 aromatic carbocycles. The summed E-state index contributed by atoms with van der Waals surface area (Å²) in [5.41, 5.74) is 1.58. The number of fused-ring (bicyclic) bond motifs is 2. The lowest BCUT2D eigenvalue weighted by molar-refractivity contribution is -0.137. The molecule has 1 saturated heterocycles. The largest absolute Gasteiger partial charge is 0.454 e. The van der Waals surface area contributed by atoms with Crippen molar-refractivity contribution in [3.63, 3.8) is 0 Å². The van der Waals surface area contributed by atoms with E-state index in [9.17, 15) is 22.8 Å². The minimum Gasteiger partial charge on any atom is -0.454 e. The number of piperazine rings is 1. The Hall–Kier alpha value is -5.56. The van der Waals surface area contributed by atoms with Gasteiger partial charge in [0.05, 0.1) is 23.0 Å². The second-order valence-corrected chi connectivity index (χ2v) is 11.5. The van der Waals surface area contributed by atoms with Gasteiger partial charge in [0.1, 0.15) is 12.3 Å². The minimum atomic E-state index is -4.48.